The van der Waals surface area contributed by atoms with Crippen LogP contribution in [-0.4, -0.2) is 29.7 Å². The van der Waals surface area contributed by atoms with Gasteiger partial charge < -0.3 is 4.90 Å². The molecule has 0 radical (unpaired) electrons. The first kappa shape index (κ1) is 16.9. The average Bonchev–Trinajstić information content (AvgIpc) is 3.12. The van der Waals surface area contributed by atoms with E-state index in [9.17, 15) is 9.59 Å². The van der Waals surface area contributed by atoms with Gasteiger partial charge in [-0.25, -0.2) is 0 Å². The average molecular weight is 358 g/mol. The molecule has 5 heteroatoms. The molecule has 0 N–H and O–H groups in total. The standard InChI is InChI=1S/C19H19NO2S2/c1-12-4-6-23-17(12)8-15-10-20(14(3)21)11-16(19(15)22)9-18-13(2)5-7-24-18/h4-9H,10-11H2,1-3H3/b15-8-,16-9-. The van der Waals surface area contributed by atoms with Crippen LogP contribution in [0.4, 0.5) is 0 Å². The van der Waals surface area contributed by atoms with Crippen LogP contribution in [0.3, 0.4) is 0 Å². The molecule has 1 amide bonds. The Balaban J connectivity index is 2.01. The lowest BCUT2D eigenvalue weighted by molar-refractivity contribution is -0.129. The molecule has 0 aliphatic carbocycles. The molecule has 124 valence electrons. The predicted molar refractivity (Wildman–Crippen MR) is 101 cm³/mol. The molecular weight excluding hydrogens is 338 g/mol. The maximum absolute atomic E-state index is 12.9. The van der Waals surface area contributed by atoms with E-state index in [-0.39, 0.29) is 11.7 Å². The van der Waals surface area contributed by atoms with Gasteiger partial charge >= 0.3 is 0 Å². The second-order valence-electron chi connectivity index (χ2n) is 5.98. The number of amides is 1. The van der Waals surface area contributed by atoms with Crippen molar-refractivity contribution < 1.29 is 9.59 Å². The number of thiophene rings is 2. The van der Waals surface area contributed by atoms with E-state index in [1.807, 2.05) is 48.9 Å². The van der Waals surface area contributed by atoms with E-state index in [0.29, 0.717) is 24.2 Å². The minimum Gasteiger partial charge on any atom is -0.334 e. The lowest BCUT2D eigenvalue weighted by atomic mass is 9.95. The van der Waals surface area contributed by atoms with E-state index in [1.54, 1.807) is 34.5 Å². The fourth-order valence-electron chi connectivity index (χ4n) is 2.64. The van der Waals surface area contributed by atoms with Gasteiger partial charge in [0.05, 0.1) is 0 Å². The number of rotatable bonds is 2. The zero-order valence-corrected chi connectivity index (χ0v) is 15.6. The molecule has 1 saturated heterocycles. The molecule has 0 unspecified atom stereocenters. The van der Waals surface area contributed by atoms with Crippen LogP contribution < -0.4 is 0 Å². The van der Waals surface area contributed by atoms with Crippen molar-refractivity contribution in [2.75, 3.05) is 13.1 Å². The largest absolute Gasteiger partial charge is 0.334 e. The molecule has 24 heavy (non-hydrogen) atoms. The van der Waals surface area contributed by atoms with Crippen LogP contribution in [0.5, 0.6) is 0 Å². The predicted octanol–water partition coefficient (Wildman–Crippen LogP) is 4.32. The molecule has 0 bridgehead atoms. The van der Waals surface area contributed by atoms with E-state index in [2.05, 4.69) is 0 Å². The molecule has 1 aliphatic heterocycles. The third-order valence-corrected chi connectivity index (χ3v) is 6.10. The topological polar surface area (TPSA) is 37.4 Å². The van der Waals surface area contributed by atoms with Crippen molar-refractivity contribution in [1.29, 1.82) is 0 Å². The number of carbonyl (C=O) groups is 2. The molecular formula is C19H19NO2S2. The van der Waals surface area contributed by atoms with Crippen LogP contribution in [-0.2, 0) is 9.59 Å². The summed E-state index contributed by atoms with van der Waals surface area (Å²) in [6, 6.07) is 4.08. The highest BCUT2D eigenvalue weighted by molar-refractivity contribution is 7.11. The summed E-state index contributed by atoms with van der Waals surface area (Å²) in [6.45, 7) is 6.38. The van der Waals surface area contributed by atoms with Crippen molar-refractivity contribution in [2.45, 2.75) is 20.8 Å². The smallest absolute Gasteiger partial charge is 0.220 e. The highest BCUT2D eigenvalue weighted by Crippen LogP contribution is 2.27. The Morgan fingerprint density at radius 3 is 1.79 bits per heavy atom. The third-order valence-electron chi connectivity index (χ3n) is 4.17. The number of hydrogen-bond donors (Lipinski definition) is 0. The first-order chi connectivity index (χ1) is 11.5. The summed E-state index contributed by atoms with van der Waals surface area (Å²) in [5, 5.41) is 4.03. The summed E-state index contributed by atoms with van der Waals surface area (Å²) < 4.78 is 0. The van der Waals surface area contributed by atoms with E-state index in [1.165, 1.54) is 0 Å². The molecule has 1 fully saturated rings. The Kier molecular flexibility index (Phi) is 4.83. The van der Waals surface area contributed by atoms with Gasteiger partial charge in [0.2, 0.25) is 5.91 Å². The van der Waals surface area contributed by atoms with Crippen LogP contribution in [0.15, 0.2) is 34.0 Å². The van der Waals surface area contributed by atoms with Gasteiger partial charge in [0.25, 0.3) is 0 Å². The first-order valence-electron chi connectivity index (χ1n) is 7.75. The molecule has 0 spiro atoms. The lowest BCUT2D eigenvalue weighted by Crippen LogP contribution is -2.40. The molecule has 3 heterocycles. The number of nitrogens with zero attached hydrogens (tertiary/aromatic N) is 1. The van der Waals surface area contributed by atoms with Gasteiger partial charge in [0.15, 0.2) is 5.78 Å². The molecule has 0 atom stereocenters. The van der Waals surface area contributed by atoms with Crippen molar-refractivity contribution in [3.63, 3.8) is 0 Å². The van der Waals surface area contributed by atoms with Gasteiger partial charge in [-0.3, -0.25) is 9.59 Å². The number of Topliss-reactive ketones (excluding diaryl/α,β-unsaturated/α-hetero) is 1. The lowest BCUT2D eigenvalue weighted by Gasteiger charge is -2.29. The zero-order valence-electron chi connectivity index (χ0n) is 14.0. The monoisotopic (exact) mass is 357 g/mol. The van der Waals surface area contributed by atoms with Crippen LogP contribution in [0, 0.1) is 13.8 Å². The van der Waals surface area contributed by atoms with Crippen LogP contribution >= 0.6 is 22.7 Å². The molecule has 2 aromatic rings. The Labute approximate surface area is 149 Å². The number of carbonyl (C=O) groups excluding carboxylic acids is 2. The van der Waals surface area contributed by atoms with Crippen molar-refractivity contribution in [3.05, 3.63) is 54.9 Å². The van der Waals surface area contributed by atoms with Crippen LogP contribution in [0.25, 0.3) is 12.2 Å². The van der Waals surface area contributed by atoms with Crippen molar-refractivity contribution in [3.8, 4) is 0 Å². The Morgan fingerprint density at radius 1 is 1.00 bits per heavy atom. The molecule has 3 nitrogen and oxygen atoms in total. The second-order valence-corrected chi connectivity index (χ2v) is 7.87. The molecule has 3 rings (SSSR count). The molecule has 0 aromatic carbocycles. The van der Waals surface area contributed by atoms with Gasteiger partial charge in [-0.05, 0) is 60.0 Å². The molecule has 0 saturated carbocycles. The highest BCUT2D eigenvalue weighted by Gasteiger charge is 2.27. The maximum Gasteiger partial charge on any atom is 0.220 e. The van der Waals surface area contributed by atoms with Crippen LogP contribution in [0.1, 0.15) is 27.8 Å². The Hall–Kier alpha value is -1.98. The van der Waals surface area contributed by atoms with E-state index in [4.69, 9.17) is 0 Å². The highest BCUT2D eigenvalue weighted by atomic mass is 32.1. The number of aryl methyl sites for hydroxylation is 2. The van der Waals surface area contributed by atoms with E-state index >= 15 is 0 Å². The van der Waals surface area contributed by atoms with E-state index in [0.717, 1.165) is 20.9 Å². The SMILES string of the molecule is CC(=O)N1C/C(=C/c2sccc2C)C(=O)/C(=C\c2sccc2C)C1. The Morgan fingerprint density at radius 2 is 1.46 bits per heavy atom. The van der Waals surface area contributed by atoms with Crippen molar-refractivity contribution in [2.24, 2.45) is 0 Å². The third kappa shape index (κ3) is 3.42. The summed E-state index contributed by atoms with van der Waals surface area (Å²) in [7, 11) is 0. The minimum atomic E-state index is -0.00916. The zero-order chi connectivity index (χ0) is 17.3. The fourth-order valence-corrected chi connectivity index (χ4v) is 4.41. The summed E-state index contributed by atoms with van der Waals surface area (Å²) in [4.78, 5) is 28.7. The number of piperidine rings is 1. The Bertz CT molecular complexity index is 792. The van der Waals surface area contributed by atoms with Gasteiger partial charge in [0, 0.05) is 40.9 Å². The first-order valence-corrected chi connectivity index (χ1v) is 9.51. The number of ketones is 1. The van der Waals surface area contributed by atoms with Gasteiger partial charge in [-0.1, -0.05) is 0 Å². The molecule has 1 aliphatic rings. The van der Waals surface area contributed by atoms with Crippen molar-refractivity contribution in [1.82, 2.24) is 4.90 Å². The van der Waals surface area contributed by atoms with Gasteiger partial charge in [0.1, 0.15) is 0 Å². The number of hydrogen-bond acceptors (Lipinski definition) is 4. The summed E-state index contributed by atoms with van der Waals surface area (Å²) in [5.74, 6) is 0.0400. The fraction of sp³-hybridized carbons (Fsp3) is 0.263. The van der Waals surface area contributed by atoms with Gasteiger partial charge in [-0.2, -0.15) is 0 Å². The number of likely N-dealkylation sites (tertiary alicyclic amines) is 1. The van der Waals surface area contributed by atoms with E-state index < -0.39 is 0 Å². The second kappa shape index (κ2) is 6.87. The summed E-state index contributed by atoms with van der Waals surface area (Å²) in [6.07, 6.45) is 3.87. The van der Waals surface area contributed by atoms with Crippen molar-refractivity contribution >= 4 is 46.5 Å². The quantitative estimate of drug-likeness (QED) is 0.751. The minimum absolute atomic E-state index is 0.00916. The van der Waals surface area contributed by atoms with Crippen LogP contribution in [0.2, 0.25) is 0 Å². The maximum atomic E-state index is 12.9. The molecule has 2 aromatic heterocycles. The summed E-state index contributed by atoms with van der Waals surface area (Å²) >= 11 is 3.23. The normalized spacial score (nSPS) is 18.6. The summed E-state index contributed by atoms with van der Waals surface area (Å²) in [5.41, 5.74) is 3.67. The van der Waals surface area contributed by atoms with Gasteiger partial charge in [-0.15, -0.1) is 22.7 Å².